The molecule has 3 aliphatic carbocycles. The molecule has 1 aromatic carbocycles. The van der Waals surface area contributed by atoms with Crippen LogP contribution in [0.4, 0.5) is 4.39 Å². The second-order valence-electron chi connectivity index (χ2n) is 6.88. The third-order valence-corrected chi connectivity index (χ3v) is 6.35. The molecule has 0 saturated heterocycles. The van der Waals surface area contributed by atoms with Crippen LogP contribution >= 0.6 is 11.6 Å². The Kier molecular flexibility index (Phi) is 3.27. The van der Waals surface area contributed by atoms with Gasteiger partial charge in [0, 0.05) is 17.6 Å². The highest BCUT2D eigenvalue weighted by atomic mass is 35.5. The molecule has 0 aromatic heterocycles. The molecular weight excluding hydrogens is 273 g/mol. The van der Waals surface area contributed by atoms with Crippen molar-refractivity contribution in [2.75, 3.05) is 0 Å². The first-order chi connectivity index (χ1) is 9.72. The lowest BCUT2D eigenvalue weighted by Crippen LogP contribution is -2.38. The molecule has 1 aromatic rings. The van der Waals surface area contributed by atoms with E-state index in [1.54, 1.807) is 6.07 Å². The van der Waals surface area contributed by atoms with Crippen LogP contribution in [0.3, 0.4) is 0 Å². The highest BCUT2D eigenvalue weighted by Gasteiger charge is 2.53. The first-order valence-electron chi connectivity index (χ1n) is 7.89. The lowest BCUT2D eigenvalue weighted by atomic mass is 9.79. The first kappa shape index (κ1) is 13.1. The Bertz CT molecular complexity index is 518. The summed E-state index contributed by atoms with van der Waals surface area (Å²) in [7, 11) is 0. The topological polar surface area (TPSA) is 12.0 Å². The molecule has 1 nitrogen and oxygen atoms in total. The Hall–Kier alpha value is -0.600. The van der Waals surface area contributed by atoms with Crippen molar-refractivity contribution in [1.82, 2.24) is 5.32 Å². The van der Waals surface area contributed by atoms with Gasteiger partial charge in [-0.05, 0) is 67.1 Å². The van der Waals surface area contributed by atoms with E-state index in [0.717, 1.165) is 35.8 Å². The highest BCUT2D eigenvalue weighted by molar-refractivity contribution is 6.31. The molecule has 3 saturated carbocycles. The van der Waals surface area contributed by atoms with Crippen LogP contribution in [0.2, 0.25) is 5.02 Å². The normalized spacial score (nSPS) is 38.4. The minimum atomic E-state index is -0.257. The summed E-state index contributed by atoms with van der Waals surface area (Å²) in [5, 5.41) is 4.24. The lowest BCUT2D eigenvalue weighted by Gasteiger charge is -2.32. The number of hydrogen-bond acceptors (Lipinski definition) is 1. The smallest absolute Gasteiger partial charge is 0.124 e. The zero-order valence-electron chi connectivity index (χ0n) is 11.6. The molecular formula is C17H21ClFN. The van der Waals surface area contributed by atoms with Crippen molar-refractivity contribution < 1.29 is 4.39 Å². The van der Waals surface area contributed by atoms with E-state index >= 15 is 0 Å². The monoisotopic (exact) mass is 293 g/mol. The van der Waals surface area contributed by atoms with Crippen molar-refractivity contribution in [2.24, 2.45) is 23.7 Å². The summed E-state index contributed by atoms with van der Waals surface area (Å²) >= 11 is 6.10. The Morgan fingerprint density at radius 3 is 2.85 bits per heavy atom. The van der Waals surface area contributed by atoms with E-state index < -0.39 is 0 Å². The van der Waals surface area contributed by atoms with Gasteiger partial charge in [-0.2, -0.15) is 0 Å². The van der Waals surface area contributed by atoms with E-state index in [0.29, 0.717) is 11.1 Å². The van der Waals surface area contributed by atoms with Gasteiger partial charge in [-0.1, -0.05) is 24.1 Å². The van der Waals surface area contributed by atoms with Crippen LogP contribution in [-0.4, -0.2) is 6.04 Å². The molecule has 3 fully saturated rings. The summed E-state index contributed by atoms with van der Waals surface area (Å²) in [6.07, 6.45) is 7.14. The van der Waals surface area contributed by atoms with Gasteiger partial charge in [-0.15, -0.1) is 0 Å². The molecule has 1 N–H and O–H groups in total. The standard InChI is InChI=1S/C17H21ClFN/c18-16-8-12(19)5-4-10(16)9-20-17-7-11-6-15(17)14-3-1-2-13(11)14/h4-5,8,11,13-15,17,20H,1-3,6-7,9H2. The van der Waals surface area contributed by atoms with Crippen LogP contribution in [0.5, 0.6) is 0 Å². The number of nitrogens with one attached hydrogen (secondary N) is 1. The van der Waals surface area contributed by atoms with Gasteiger partial charge in [-0.25, -0.2) is 4.39 Å². The maximum atomic E-state index is 13.1. The Labute approximate surface area is 124 Å². The molecule has 3 aliphatic rings. The number of rotatable bonds is 3. The highest BCUT2D eigenvalue weighted by Crippen LogP contribution is 2.58. The fourth-order valence-corrected chi connectivity index (χ4v) is 5.44. The zero-order chi connectivity index (χ0) is 13.7. The van der Waals surface area contributed by atoms with Crippen LogP contribution in [0.15, 0.2) is 18.2 Å². The van der Waals surface area contributed by atoms with Crippen molar-refractivity contribution in [2.45, 2.75) is 44.7 Å². The van der Waals surface area contributed by atoms with E-state index in [1.807, 2.05) is 0 Å². The first-order valence-corrected chi connectivity index (χ1v) is 8.27. The number of halogens is 2. The summed E-state index contributed by atoms with van der Waals surface area (Å²) in [5.41, 5.74) is 1.01. The van der Waals surface area contributed by atoms with Crippen molar-refractivity contribution in [3.05, 3.63) is 34.6 Å². The van der Waals surface area contributed by atoms with Gasteiger partial charge in [0.25, 0.3) is 0 Å². The van der Waals surface area contributed by atoms with E-state index in [1.165, 1.54) is 44.2 Å². The molecule has 0 heterocycles. The van der Waals surface area contributed by atoms with Crippen LogP contribution in [0.1, 0.15) is 37.7 Å². The number of fused-ring (bicyclic) bond motifs is 5. The van der Waals surface area contributed by atoms with Crippen molar-refractivity contribution in [3.8, 4) is 0 Å². The largest absolute Gasteiger partial charge is 0.310 e. The van der Waals surface area contributed by atoms with E-state index in [9.17, 15) is 4.39 Å². The Morgan fingerprint density at radius 2 is 2.00 bits per heavy atom. The molecule has 2 bridgehead atoms. The second kappa shape index (κ2) is 4.99. The predicted octanol–water partition coefficient (Wildman–Crippen LogP) is 4.39. The Morgan fingerprint density at radius 1 is 1.15 bits per heavy atom. The average molecular weight is 294 g/mol. The van der Waals surface area contributed by atoms with Crippen LogP contribution in [-0.2, 0) is 6.54 Å². The van der Waals surface area contributed by atoms with Crippen LogP contribution in [0, 0.1) is 29.5 Å². The van der Waals surface area contributed by atoms with E-state index in [4.69, 9.17) is 11.6 Å². The molecule has 3 heteroatoms. The average Bonchev–Trinajstić information content (AvgIpc) is 3.10. The molecule has 0 radical (unpaired) electrons. The van der Waals surface area contributed by atoms with Gasteiger partial charge in [0.05, 0.1) is 0 Å². The fraction of sp³-hybridized carbons (Fsp3) is 0.647. The quantitative estimate of drug-likeness (QED) is 0.871. The van der Waals surface area contributed by atoms with Gasteiger partial charge in [0.1, 0.15) is 5.82 Å². The van der Waals surface area contributed by atoms with E-state index in [2.05, 4.69) is 5.32 Å². The molecule has 5 atom stereocenters. The number of benzene rings is 1. The summed E-state index contributed by atoms with van der Waals surface area (Å²) in [4.78, 5) is 0. The minimum absolute atomic E-state index is 0.257. The van der Waals surface area contributed by atoms with Crippen molar-refractivity contribution in [3.63, 3.8) is 0 Å². The summed E-state index contributed by atoms with van der Waals surface area (Å²) in [5.74, 6) is 3.61. The number of hydrogen-bond donors (Lipinski definition) is 1. The molecule has 4 rings (SSSR count). The van der Waals surface area contributed by atoms with Gasteiger partial charge in [-0.3, -0.25) is 0 Å². The minimum Gasteiger partial charge on any atom is -0.310 e. The van der Waals surface area contributed by atoms with Gasteiger partial charge in [0.2, 0.25) is 0 Å². The lowest BCUT2D eigenvalue weighted by molar-refractivity contribution is 0.208. The maximum Gasteiger partial charge on any atom is 0.124 e. The summed E-state index contributed by atoms with van der Waals surface area (Å²) in [6, 6.07) is 5.36. The maximum absolute atomic E-state index is 13.1. The van der Waals surface area contributed by atoms with Gasteiger partial charge >= 0.3 is 0 Å². The Balaban J connectivity index is 1.41. The molecule has 0 aliphatic heterocycles. The predicted molar refractivity (Wildman–Crippen MR) is 79.1 cm³/mol. The summed E-state index contributed by atoms with van der Waals surface area (Å²) in [6.45, 7) is 0.768. The molecule has 0 spiro atoms. The SMILES string of the molecule is Fc1ccc(CNC2CC3CC2C2CCCC32)c(Cl)c1. The third-order valence-electron chi connectivity index (χ3n) is 6.00. The third kappa shape index (κ3) is 2.08. The van der Waals surface area contributed by atoms with Crippen LogP contribution in [0.25, 0.3) is 0 Å². The van der Waals surface area contributed by atoms with Crippen LogP contribution < -0.4 is 5.32 Å². The zero-order valence-corrected chi connectivity index (χ0v) is 12.4. The molecule has 108 valence electrons. The molecule has 0 amide bonds. The molecule has 20 heavy (non-hydrogen) atoms. The molecule has 5 unspecified atom stereocenters. The van der Waals surface area contributed by atoms with Crippen molar-refractivity contribution in [1.29, 1.82) is 0 Å². The fourth-order valence-electron chi connectivity index (χ4n) is 5.21. The van der Waals surface area contributed by atoms with Crippen molar-refractivity contribution >= 4 is 11.6 Å². The van der Waals surface area contributed by atoms with Gasteiger partial charge in [0.15, 0.2) is 0 Å². The van der Waals surface area contributed by atoms with Gasteiger partial charge < -0.3 is 5.32 Å². The second-order valence-corrected chi connectivity index (χ2v) is 7.28. The summed E-state index contributed by atoms with van der Waals surface area (Å²) < 4.78 is 13.1. The van der Waals surface area contributed by atoms with E-state index in [-0.39, 0.29) is 5.82 Å².